The van der Waals surface area contributed by atoms with Gasteiger partial charge in [0.15, 0.2) is 11.5 Å². The van der Waals surface area contributed by atoms with Gasteiger partial charge in [0, 0.05) is 18.4 Å². The Labute approximate surface area is 294 Å². The molecule has 0 radical (unpaired) electrons. The van der Waals surface area contributed by atoms with Crippen molar-refractivity contribution in [2.75, 3.05) is 6.54 Å². The summed E-state index contributed by atoms with van der Waals surface area (Å²) in [6.07, 6.45) is 5.48. The van der Waals surface area contributed by atoms with Crippen LogP contribution in [0.25, 0.3) is 21.7 Å². The van der Waals surface area contributed by atoms with E-state index in [1.165, 1.54) is 22.3 Å². The number of carbonyl (C=O) groups excluding carboxylic acids is 3. The quantitative estimate of drug-likeness (QED) is 0.140. The van der Waals surface area contributed by atoms with E-state index in [-0.39, 0.29) is 31.1 Å². The molecule has 3 aromatic rings. The van der Waals surface area contributed by atoms with Gasteiger partial charge in [-0.2, -0.15) is 4.98 Å². The Kier molecular flexibility index (Phi) is 10.9. The standard InChI is InChI=1S/C35H44N6O8S/c1-7-9-10-11-12-13-24(37-33(46)48-34(4,5)6)31(43)41-19-22(17-26(41)29(42)39-35(32(44)45)18-21(35)8-2)47-30-27-23(14-15-50-27)36-28(38-30)25-16-20(3)49-40-25/h7-8,14-16,21-22,24,26H,1-2,9-13,17-19H2,3-6H3,(H,37,46)(H,39,42)(H,44,45)/t21-,22-,24+,26+,35-/m1/s1. The number of nitrogens with zero attached hydrogens (tertiary/aromatic N) is 4. The van der Waals surface area contributed by atoms with Crippen molar-refractivity contribution < 1.29 is 38.3 Å². The number of aliphatic carboxylic acids is 1. The van der Waals surface area contributed by atoms with Crippen molar-refractivity contribution in [2.24, 2.45) is 5.92 Å². The van der Waals surface area contributed by atoms with E-state index < -0.39 is 59.1 Å². The molecule has 1 saturated carbocycles. The fourth-order valence-electron chi connectivity index (χ4n) is 6.08. The van der Waals surface area contributed by atoms with Gasteiger partial charge in [-0.3, -0.25) is 9.59 Å². The number of alkyl carbamates (subject to hydrolysis) is 1. The highest BCUT2D eigenvalue weighted by Gasteiger charge is 2.61. The van der Waals surface area contributed by atoms with Crippen LogP contribution in [-0.4, -0.2) is 84.9 Å². The third-order valence-corrected chi connectivity index (χ3v) is 9.57. The van der Waals surface area contributed by atoms with Crippen LogP contribution in [-0.2, 0) is 19.1 Å². The molecule has 1 aliphatic carbocycles. The molecule has 50 heavy (non-hydrogen) atoms. The number of nitrogens with one attached hydrogen (secondary N) is 2. The number of aryl methyl sites for hydroxylation is 1. The molecule has 2 aliphatic rings. The average Bonchev–Trinajstić information content (AvgIpc) is 3.42. The van der Waals surface area contributed by atoms with E-state index in [1.807, 2.05) is 17.5 Å². The molecule has 3 aromatic heterocycles. The van der Waals surface area contributed by atoms with E-state index >= 15 is 0 Å². The van der Waals surface area contributed by atoms with Crippen molar-refractivity contribution in [3.8, 4) is 17.4 Å². The summed E-state index contributed by atoms with van der Waals surface area (Å²) in [7, 11) is 0. The molecule has 0 bridgehead atoms. The summed E-state index contributed by atoms with van der Waals surface area (Å²) >= 11 is 1.38. The summed E-state index contributed by atoms with van der Waals surface area (Å²) in [6.45, 7) is 14.4. The Balaban J connectivity index is 1.43. The van der Waals surface area contributed by atoms with Crippen LogP contribution in [0, 0.1) is 12.8 Å². The monoisotopic (exact) mass is 708 g/mol. The van der Waals surface area contributed by atoms with Crippen molar-refractivity contribution in [3.63, 3.8) is 0 Å². The first kappa shape index (κ1) is 36.5. The number of carbonyl (C=O) groups is 4. The number of likely N-dealkylation sites (tertiary alicyclic amines) is 1. The second kappa shape index (κ2) is 15.0. The second-order valence-electron chi connectivity index (χ2n) is 13.7. The highest BCUT2D eigenvalue weighted by Crippen LogP contribution is 2.45. The Morgan fingerprint density at radius 2 is 2.00 bits per heavy atom. The lowest BCUT2D eigenvalue weighted by Crippen LogP contribution is -2.56. The topological polar surface area (TPSA) is 186 Å². The summed E-state index contributed by atoms with van der Waals surface area (Å²) in [5, 5.41) is 21.3. The Hall–Kier alpha value is -4.79. The number of allylic oxidation sites excluding steroid dienone is 1. The van der Waals surface area contributed by atoms with Gasteiger partial charge < -0.3 is 34.6 Å². The van der Waals surface area contributed by atoms with Crippen LogP contribution in [0.15, 0.2) is 47.3 Å². The molecule has 0 unspecified atom stereocenters. The summed E-state index contributed by atoms with van der Waals surface area (Å²) < 4.78 is 17.8. The van der Waals surface area contributed by atoms with Gasteiger partial charge in [-0.25, -0.2) is 14.6 Å². The van der Waals surface area contributed by atoms with E-state index in [0.717, 1.165) is 19.3 Å². The van der Waals surface area contributed by atoms with Crippen LogP contribution in [0.5, 0.6) is 5.88 Å². The largest absolute Gasteiger partial charge is 0.479 e. The minimum absolute atomic E-state index is 0.0277. The number of fused-ring (bicyclic) bond motifs is 1. The Bertz CT molecular complexity index is 1760. The van der Waals surface area contributed by atoms with Crippen molar-refractivity contribution >= 4 is 45.4 Å². The molecular weight excluding hydrogens is 664 g/mol. The van der Waals surface area contributed by atoms with Gasteiger partial charge >= 0.3 is 12.1 Å². The zero-order chi connectivity index (χ0) is 36.2. The number of hydrogen-bond donors (Lipinski definition) is 3. The number of hydrogen-bond acceptors (Lipinski definition) is 11. The molecule has 0 spiro atoms. The molecule has 5 atom stereocenters. The molecule has 0 aromatic carbocycles. The number of aromatic nitrogens is 3. The molecular formula is C35H44N6O8S. The van der Waals surface area contributed by atoms with Crippen molar-refractivity contribution in [2.45, 2.75) is 102 Å². The zero-order valence-electron chi connectivity index (χ0n) is 28.8. The molecule has 2 fully saturated rings. The van der Waals surface area contributed by atoms with Crippen molar-refractivity contribution in [1.29, 1.82) is 0 Å². The molecule has 4 heterocycles. The summed E-state index contributed by atoms with van der Waals surface area (Å²) in [5.41, 5.74) is -1.26. The molecule has 3 amide bonds. The average molecular weight is 709 g/mol. The van der Waals surface area contributed by atoms with Gasteiger partial charge in [-0.15, -0.1) is 24.5 Å². The fraction of sp³-hybridized carbons (Fsp3) is 0.514. The van der Waals surface area contributed by atoms with Crippen LogP contribution in [0.3, 0.4) is 0 Å². The smallest absolute Gasteiger partial charge is 0.408 e. The normalized spacial score (nSPS) is 22.1. The second-order valence-corrected chi connectivity index (χ2v) is 14.6. The molecule has 1 saturated heterocycles. The first-order chi connectivity index (χ1) is 23.7. The van der Waals surface area contributed by atoms with E-state index in [2.05, 4.69) is 38.9 Å². The third kappa shape index (κ3) is 8.32. The van der Waals surface area contributed by atoms with Crippen LogP contribution >= 0.6 is 11.3 Å². The van der Waals surface area contributed by atoms with Gasteiger partial charge in [0.25, 0.3) is 0 Å². The molecule has 268 valence electrons. The van der Waals surface area contributed by atoms with Gasteiger partial charge in [0.05, 0.1) is 12.1 Å². The highest BCUT2D eigenvalue weighted by atomic mass is 32.1. The van der Waals surface area contributed by atoms with Gasteiger partial charge in [-0.05, 0) is 64.8 Å². The number of carboxylic acid groups (broad SMARTS) is 1. The van der Waals surface area contributed by atoms with Crippen LogP contribution in [0.1, 0.15) is 71.5 Å². The maximum absolute atomic E-state index is 14.4. The lowest BCUT2D eigenvalue weighted by atomic mass is 10.0. The first-order valence-electron chi connectivity index (χ1n) is 16.7. The minimum Gasteiger partial charge on any atom is -0.479 e. The van der Waals surface area contributed by atoms with E-state index in [9.17, 15) is 24.3 Å². The van der Waals surface area contributed by atoms with Crippen molar-refractivity contribution in [3.05, 3.63) is 48.6 Å². The SMILES string of the molecule is C=CCCCCC[C@H](NC(=O)OC(C)(C)C)C(=O)N1C[C@H](Oc2nc(-c3cc(C)on3)nc3ccsc23)C[C@H]1C(=O)N[C@]1(C(=O)O)C[C@H]1C=C. The number of unbranched alkanes of at least 4 members (excludes halogenated alkanes) is 3. The number of carboxylic acids is 1. The Morgan fingerprint density at radius 3 is 2.64 bits per heavy atom. The molecule has 5 rings (SSSR count). The van der Waals surface area contributed by atoms with Crippen LogP contribution in [0.4, 0.5) is 4.79 Å². The maximum atomic E-state index is 14.4. The van der Waals surface area contributed by atoms with Crippen LogP contribution in [0.2, 0.25) is 0 Å². The predicted octanol–water partition coefficient (Wildman–Crippen LogP) is 5.18. The van der Waals surface area contributed by atoms with Gasteiger partial charge in [0.1, 0.15) is 39.8 Å². The highest BCUT2D eigenvalue weighted by molar-refractivity contribution is 7.17. The summed E-state index contributed by atoms with van der Waals surface area (Å²) in [6, 6.07) is 1.42. The van der Waals surface area contributed by atoms with Crippen molar-refractivity contribution in [1.82, 2.24) is 30.7 Å². The lowest BCUT2D eigenvalue weighted by Gasteiger charge is -2.30. The summed E-state index contributed by atoms with van der Waals surface area (Å²) in [4.78, 5) is 64.0. The zero-order valence-corrected chi connectivity index (χ0v) is 29.6. The predicted molar refractivity (Wildman–Crippen MR) is 185 cm³/mol. The number of amides is 3. The Morgan fingerprint density at radius 1 is 1.22 bits per heavy atom. The molecule has 15 heteroatoms. The van der Waals surface area contributed by atoms with Crippen LogP contribution < -0.4 is 15.4 Å². The molecule has 14 nitrogen and oxygen atoms in total. The lowest BCUT2D eigenvalue weighted by molar-refractivity contribution is -0.145. The first-order valence-corrected chi connectivity index (χ1v) is 17.6. The number of ether oxygens (including phenoxy) is 2. The number of thiophene rings is 1. The molecule has 3 N–H and O–H groups in total. The van der Waals surface area contributed by atoms with E-state index in [1.54, 1.807) is 33.8 Å². The number of rotatable bonds is 15. The maximum Gasteiger partial charge on any atom is 0.408 e. The van der Waals surface area contributed by atoms with Gasteiger partial charge in [0.2, 0.25) is 17.7 Å². The molecule has 1 aliphatic heterocycles. The third-order valence-electron chi connectivity index (χ3n) is 8.67. The van der Waals surface area contributed by atoms with E-state index in [4.69, 9.17) is 14.0 Å². The fourth-order valence-corrected chi connectivity index (χ4v) is 6.84. The van der Waals surface area contributed by atoms with E-state index in [0.29, 0.717) is 34.5 Å². The summed E-state index contributed by atoms with van der Waals surface area (Å²) in [5.74, 6) is -1.66. The minimum atomic E-state index is -1.51. The van der Waals surface area contributed by atoms with Gasteiger partial charge in [-0.1, -0.05) is 30.2 Å².